The number of thiazole rings is 1. The first-order valence-electron chi connectivity index (χ1n) is 10.3. The summed E-state index contributed by atoms with van der Waals surface area (Å²) in [4.78, 5) is 14.6. The smallest absolute Gasteiger partial charge is 0.231 e. The largest absolute Gasteiger partial charge is 0.497 e. The molecule has 0 radical (unpaired) electrons. The minimum absolute atomic E-state index is 0.415. The van der Waals surface area contributed by atoms with Gasteiger partial charge in [0.1, 0.15) is 10.8 Å². The van der Waals surface area contributed by atoms with Crippen LogP contribution in [0.3, 0.4) is 0 Å². The van der Waals surface area contributed by atoms with Crippen LogP contribution in [0.1, 0.15) is 5.69 Å². The predicted octanol–water partition coefficient (Wildman–Crippen LogP) is 7.21. The number of nitrogens with one attached hydrogen (secondary N) is 2. The molecule has 0 unspecified atom stereocenters. The second-order valence-corrected chi connectivity index (χ2v) is 8.77. The Bertz CT molecular complexity index is 1430. The Balaban J connectivity index is 1.37. The van der Waals surface area contributed by atoms with Gasteiger partial charge >= 0.3 is 0 Å². The van der Waals surface area contributed by atoms with Gasteiger partial charge in [0.2, 0.25) is 5.95 Å². The molecule has 33 heavy (non-hydrogen) atoms. The normalized spacial score (nSPS) is 10.9. The number of nitrogens with zero attached hydrogens (tertiary/aromatic N) is 3. The molecule has 2 aromatic heterocycles. The summed E-state index contributed by atoms with van der Waals surface area (Å²) in [6, 6.07) is 22.2. The predicted molar refractivity (Wildman–Crippen MR) is 136 cm³/mol. The number of aromatic nitrogens is 3. The number of hydrogen-bond acceptors (Lipinski definition) is 7. The van der Waals surface area contributed by atoms with Gasteiger partial charge in [-0.15, -0.1) is 0 Å². The lowest BCUT2D eigenvalue weighted by Crippen LogP contribution is -2.01. The summed E-state index contributed by atoms with van der Waals surface area (Å²) in [7, 11) is 1.66. The topological polar surface area (TPSA) is 72.0 Å². The monoisotopic (exact) mass is 473 g/mol. The quantitative estimate of drug-likeness (QED) is 0.271. The fourth-order valence-corrected chi connectivity index (χ4v) is 4.58. The summed E-state index contributed by atoms with van der Waals surface area (Å²) >= 11 is 7.90. The molecule has 0 atom stereocenters. The zero-order valence-corrected chi connectivity index (χ0v) is 19.5. The maximum absolute atomic E-state index is 6.36. The van der Waals surface area contributed by atoms with Crippen LogP contribution in [0.4, 0.5) is 22.6 Å². The zero-order chi connectivity index (χ0) is 22.8. The van der Waals surface area contributed by atoms with E-state index in [-0.39, 0.29) is 0 Å². The van der Waals surface area contributed by atoms with Crippen molar-refractivity contribution >= 4 is 56.3 Å². The lowest BCUT2D eigenvalue weighted by Gasteiger charge is -2.10. The highest BCUT2D eigenvalue weighted by Crippen LogP contribution is 2.35. The molecule has 3 aromatic carbocycles. The SMILES string of the molecule is COc1ccc(-c2sc(Nc3ncc(Cl)c(Nc4ccc5ccccc5c4)n3)nc2C)cc1. The van der Waals surface area contributed by atoms with Crippen LogP contribution in [0.15, 0.2) is 72.9 Å². The Morgan fingerprint density at radius 2 is 1.70 bits per heavy atom. The molecule has 0 spiro atoms. The minimum Gasteiger partial charge on any atom is -0.497 e. The maximum Gasteiger partial charge on any atom is 0.231 e. The van der Waals surface area contributed by atoms with Crippen molar-refractivity contribution in [3.63, 3.8) is 0 Å². The summed E-state index contributed by atoms with van der Waals surface area (Å²) in [5.74, 6) is 1.76. The van der Waals surface area contributed by atoms with Gasteiger partial charge < -0.3 is 10.1 Å². The second-order valence-electron chi connectivity index (χ2n) is 7.36. The molecule has 0 saturated carbocycles. The van der Waals surface area contributed by atoms with Crippen LogP contribution in [0.25, 0.3) is 21.2 Å². The van der Waals surface area contributed by atoms with E-state index >= 15 is 0 Å². The summed E-state index contributed by atoms with van der Waals surface area (Å²) in [5.41, 5.74) is 2.90. The number of rotatable bonds is 6. The average molecular weight is 474 g/mol. The van der Waals surface area contributed by atoms with E-state index in [1.54, 1.807) is 13.3 Å². The van der Waals surface area contributed by atoms with Crippen LogP contribution in [-0.4, -0.2) is 22.1 Å². The molecule has 164 valence electrons. The van der Waals surface area contributed by atoms with E-state index in [4.69, 9.17) is 16.3 Å². The molecule has 0 aliphatic rings. The maximum atomic E-state index is 6.36. The summed E-state index contributed by atoms with van der Waals surface area (Å²) in [6.45, 7) is 1.98. The van der Waals surface area contributed by atoms with Crippen molar-refractivity contribution in [3.05, 3.63) is 83.6 Å². The lowest BCUT2D eigenvalue weighted by molar-refractivity contribution is 0.415. The molecule has 6 nitrogen and oxygen atoms in total. The molecule has 2 heterocycles. The van der Waals surface area contributed by atoms with Crippen LogP contribution < -0.4 is 15.4 Å². The number of ether oxygens (including phenoxy) is 1. The third kappa shape index (κ3) is 4.60. The molecule has 5 rings (SSSR count). The first-order valence-corrected chi connectivity index (χ1v) is 11.5. The molecule has 0 bridgehead atoms. The minimum atomic E-state index is 0.415. The third-order valence-electron chi connectivity index (χ3n) is 5.12. The van der Waals surface area contributed by atoms with Crippen molar-refractivity contribution in [2.45, 2.75) is 6.92 Å². The van der Waals surface area contributed by atoms with E-state index in [2.05, 4.69) is 49.9 Å². The van der Waals surface area contributed by atoms with Gasteiger partial charge in [-0.25, -0.2) is 9.97 Å². The molecular weight excluding hydrogens is 454 g/mol. The molecule has 0 saturated heterocycles. The van der Waals surface area contributed by atoms with Gasteiger partial charge in [0.25, 0.3) is 0 Å². The Morgan fingerprint density at radius 1 is 0.909 bits per heavy atom. The Kier molecular flexibility index (Phi) is 5.81. The molecule has 0 aliphatic carbocycles. The molecule has 8 heteroatoms. The number of aryl methyl sites for hydroxylation is 1. The number of fused-ring (bicyclic) bond motifs is 1. The van der Waals surface area contributed by atoms with E-state index in [1.807, 2.05) is 49.4 Å². The summed E-state index contributed by atoms with van der Waals surface area (Å²) in [6.07, 6.45) is 1.57. The average Bonchev–Trinajstić information content (AvgIpc) is 3.21. The Labute approximate surface area is 200 Å². The fourth-order valence-electron chi connectivity index (χ4n) is 3.47. The van der Waals surface area contributed by atoms with E-state index in [1.165, 1.54) is 16.7 Å². The van der Waals surface area contributed by atoms with Crippen LogP contribution in [0.5, 0.6) is 5.75 Å². The van der Waals surface area contributed by atoms with Gasteiger partial charge in [-0.05, 0) is 59.7 Å². The van der Waals surface area contributed by atoms with Gasteiger partial charge in [0, 0.05) is 5.69 Å². The summed E-state index contributed by atoms with van der Waals surface area (Å²) in [5, 5.41) is 9.94. The standard InChI is InChI=1S/C25H20ClN5OS/c1-15-22(17-8-11-20(32-2)12-9-17)33-25(28-15)31-24-27-14-21(26)23(30-24)29-19-10-7-16-5-3-4-6-18(16)13-19/h3-14H,1-2H3,(H2,27,28,29,30,31). The van der Waals surface area contributed by atoms with E-state index in [9.17, 15) is 0 Å². The highest BCUT2D eigenvalue weighted by atomic mass is 35.5. The highest BCUT2D eigenvalue weighted by molar-refractivity contribution is 7.19. The van der Waals surface area contributed by atoms with Crippen molar-refractivity contribution < 1.29 is 4.74 Å². The van der Waals surface area contributed by atoms with Crippen molar-refractivity contribution in [1.29, 1.82) is 0 Å². The van der Waals surface area contributed by atoms with Gasteiger partial charge in [-0.3, -0.25) is 5.32 Å². The molecule has 5 aromatic rings. The van der Waals surface area contributed by atoms with Crippen LogP contribution in [0.2, 0.25) is 5.02 Å². The van der Waals surface area contributed by atoms with Crippen LogP contribution in [-0.2, 0) is 0 Å². The Morgan fingerprint density at radius 3 is 2.48 bits per heavy atom. The molecule has 0 aliphatic heterocycles. The van der Waals surface area contributed by atoms with Crippen LogP contribution >= 0.6 is 22.9 Å². The first-order chi connectivity index (χ1) is 16.1. The van der Waals surface area contributed by atoms with E-state index in [0.29, 0.717) is 21.9 Å². The van der Waals surface area contributed by atoms with E-state index in [0.717, 1.165) is 33.0 Å². The lowest BCUT2D eigenvalue weighted by atomic mass is 10.1. The van der Waals surface area contributed by atoms with Crippen molar-refractivity contribution in [3.8, 4) is 16.2 Å². The Hall–Kier alpha value is -3.68. The molecular formula is C25H20ClN5OS. The van der Waals surface area contributed by atoms with Gasteiger partial charge in [-0.2, -0.15) is 4.98 Å². The molecule has 0 fully saturated rings. The van der Waals surface area contributed by atoms with Gasteiger partial charge in [0.15, 0.2) is 10.9 Å². The second kappa shape index (κ2) is 9.05. The van der Waals surface area contributed by atoms with Gasteiger partial charge in [0.05, 0.1) is 23.9 Å². The van der Waals surface area contributed by atoms with Crippen LogP contribution in [0, 0.1) is 6.92 Å². The molecule has 0 amide bonds. The number of methoxy groups -OCH3 is 1. The highest BCUT2D eigenvalue weighted by Gasteiger charge is 2.13. The van der Waals surface area contributed by atoms with E-state index < -0.39 is 0 Å². The fraction of sp³-hybridized carbons (Fsp3) is 0.0800. The first kappa shape index (κ1) is 21.2. The number of anilines is 4. The number of halogens is 1. The summed E-state index contributed by atoms with van der Waals surface area (Å²) < 4.78 is 5.25. The van der Waals surface area contributed by atoms with Crippen molar-refractivity contribution in [2.24, 2.45) is 0 Å². The molecule has 2 N–H and O–H groups in total. The third-order valence-corrected chi connectivity index (χ3v) is 6.52. The van der Waals surface area contributed by atoms with Crippen molar-refractivity contribution in [2.75, 3.05) is 17.7 Å². The number of hydrogen-bond donors (Lipinski definition) is 2. The zero-order valence-electron chi connectivity index (χ0n) is 18.0. The number of benzene rings is 3. The van der Waals surface area contributed by atoms with Gasteiger partial charge in [-0.1, -0.05) is 53.3 Å². The van der Waals surface area contributed by atoms with Crippen molar-refractivity contribution in [1.82, 2.24) is 15.0 Å².